The van der Waals surface area contributed by atoms with Crippen LogP contribution in [0, 0.1) is 0 Å². The second-order valence-electron chi connectivity index (χ2n) is 3.30. The van der Waals surface area contributed by atoms with Crippen LogP contribution in [0.1, 0.15) is 12.8 Å². The van der Waals surface area contributed by atoms with Crippen molar-refractivity contribution >= 4 is 35.3 Å². The predicted molar refractivity (Wildman–Crippen MR) is 57.8 cm³/mol. The molecule has 80 valence electrons. The number of piperidine rings is 1. The van der Waals surface area contributed by atoms with Gasteiger partial charge in [0.05, 0.1) is 5.75 Å². The molecule has 2 fully saturated rings. The van der Waals surface area contributed by atoms with Crippen molar-refractivity contribution in [1.82, 2.24) is 10.2 Å². The Hall–Kier alpha value is -0.260. The number of hydrogen-bond donors (Lipinski definition) is 1. The number of carbonyl (C=O) groups is 2. The molecule has 4 nitrogen and oxygen atoms in total. The lowest BCUT2D eigenvalue weighted by Gasteiger charge is -2.29. The van der Waals surface area contributed by atoms with Crippen molar-refractivity contribution in [3.05, 3.63) is 0 Å². The van der Waals surface area contributed by atoms with E-state index < -0.39 is 0 Å². The summed E-state index contributed by atoms with van der Waals surface area (Å²) in [5, 5.41) is 3.15. The van der Waals surface area contributed by atoms with Gasteiger partial charge in [0.25, 0.3) is 5.24 Å². The molecule has 2 saturated heterocycles. The van der Waals surface area contributed by atoms with Gasteiger partial charge in [-0.15, -0.1) is 12.4 Å². The molecule has 0 bridgehead atoms. The SMILES string of the molecule is Cl.O=C1CSC(=O)N1C1CCNCC1. The molecule has 0 aliphatic carbocycles. The maximum absolute atomic E-state index is 11.3. The molecule has 6 heteroatoms. The van der Waals surface area contributed by atoms with Crippen LogP contribution in [0.15, 0.2) is 0 Å². The lowest BCUT2D eigenvalue weighted by Crippen LogP contribution is -2.45. The highest BCUT2D eigenvalue weighted by atomic mass is 35.5. The highest BCUT2D eigenvalue weighted by Gasteiger charge is 2.35. The van der Waals surface area contributed by atoms with E-state index in [9.17, 15) is 9.59 Å². The van der Waals surface area contributed by atoms with Gasteiger partial charge < -0.3 is 5.32 Å². The average molecular weight is 237 g/mol. The van der Waals surface area contributed by atoms with Crippen LogP contribution in [-0.4, -0.2) is 40.9 Å². The van der Waals surface area contributed by atoms with Crippen LogP contribution in [-0.2, 0) is 4.79 Å². The van der Waals surface area contributed by atoms with E-state index in [0.717, 1.165) is 37.7 Å². The van der Waals surface area contributed by atoms with E-state index in [1.165, 1.54) is 4.90 Å². The van der Waals surface area contributed by atoms with Crippen LogP contribution >= 0.6 is 24.2 Å². The molecule has 2 amide bonds. The lowest BCUT2D eigenvalue weighted by molar-refractivity contribution is -0.126. The number of amides is 2. The second kappa shape index (κ2) is 5.00. The Morgan fingerprint density at radius 1 is 1.29 bits per heavy atom. The summed E-state index contributed by atoms with van der Waals surface area (Å²) < 4.78 is 0. The quantitative estimate of drug-likeness (QED) is 0.734. The number of halogens is 1. The summed E-state index contributed by atoms with van der Waals surface area (Å²) in [5.41, 5.74) is 0. The fraction of sp³-hybridized carbons (Fsp3) is 0.750. The fourth-order valence-electron chi connectivity index (χ4n) is 1.78. The predicted octanol–water partition coefficient (Wildman–Crippen LogP) is 0.856. The fourth-order valence-corrected chi connectivity index (χ4v) is 2.56. The number of carbonyl (C=O) groups excluding carboxylic acids is 2. The van der Waals surface area contributed by atoms with Crippen molar-refractivity contribution in [3.8, 4) is 0 Å². The number of nitrogens with one attached hydrogen (secondary N) is 1. The van der Waals surface area contributed by atoms with Gasteiger partial charge in [0.1, 0.15) is 0 Å². The number of nitrogens with zero attached hydrogens (tertiary/aromatic N) is 1. The number of imide groups is 1. The summed E-state index contributed by atoms with van der Waals surface area (Å²) >= 11 is 1.12. The Labute approximate surface area is 93.2 Å². The van der Waals surface area contributed by atoms with Gasteiger partial charge in [-0.2, -0.15) is 0 Å². The first-order valence-corrected chi connectivity index (χ1v) is 5.47. The van der Waals surface area contributed by atoms with Crippen LogP contribution < -0.4 is 5.32 Å². The molecule has 1 N–H and O–H groups in total. The number of thioether (sulfide) groups is 1. The van der Waals surface area contributed by atoms with Gasteiger partial charge in [-0.3, -0.25) is 14.5 Å². The third kappa shape index (κ3) is 2.21. The monoisotopic (exact) mass is 236 g/mol. The summed E-state index contributed by atoms with van der Waals surface area (Å²) in [4.78, 5) is 24.1. The van der Waals surface area contributed by atoms with Gasteiger partial charge in [-0.1, -0.05) is 11.8 Å². The Bertz CT molecular complexity index is 227. The number of hydrogen-bond acceptors (Lipinski definition) is 4. The zero-order valence-corrected chi connectivity index (χ0v) is 9.33. The normalized spacial score (nSPS) is 23.9. The van der Waals surface area contributed by atoms with E-state index >= 15 is 0 Å². The maximum Gasteiger partial charge on any atom is 0.289 e. The third-order valence-corrected chi connectivity index (χ3v) is 3.29. The maximum atomic E-state index is 11.3. The van der Waals surface area contributed by atoms with Gasteiger partial charge in [0, 0.05) is 6.04 Å². The highest BCUT2D eigenvalue weighted by Crippen LogP contribution is 2.24. The Morgan fingerprint density at radius 3 is 2.43 bits per heavy atom. The molecule has 0 spiro atoms. The van der Waals surface area contributed by atoms with Crippen LogP contribution in [0.2, 0.25) is 0 Å². The Balaban J connectivity index is 0.000000980. The van der Waals surface area contributed by atoms with E-state index in [-0.39, 0.29) is 29.6 Å². The molecule has 2 rings (SSSR count). The largest absolute Gasteiger partial charge is 0.317 e. The van der Waals surface area contributed by atoms with Gasteiger partial charge in [0.15, 0.2) is 0 Å². The zero-order chi connectivity index (χ0) is 9.26. The second-order valence-corrected chi connectivity index (χ2v) is 4.23. The minimum absolute atomic E-state index is 0. The smallest absolute Gasteiger partial charge is 0.289 e. The molecular weight excluding hydrogens is 224 g/mol. The Morgan fingerprint density at radius 2 is 1.93 bits per heavy atom. The molecule has 0 radical (unpaired) electrons. The van der Waals surface area contributed by atoms with E-state index in [4.69, 9.17) is 0 Å². The van der Waals surface area contributed by atoms with Crippen LogP contribution in [0.5, 0.6) is 0 Å². The van der Waals surface area contributed by atoms with Crippen LogP contribution in [0.4, 0.5) is 4.79 Å². The van der Waals surface area contributed by atoms with Gasteiger partial charge in [-0.05, 0) is 25.9 Å². The first-order chi connectivity index (χ1) is 6.29. The van der Waals surface area contributed by atoms with E-state index in [1.807, 2.05) is 0 Å². The molecule has 0 aromatic rings. The minimum atomic E-state index is -0.0584. The molecule has 2 aliphatic rings. The standard InChI is InChI=1S/C8H12N2O2S.ClH/c11-7-5-13-8(12)10(7)6-1-3-9-4-2-6;/h6,9H,1-5H2;1H. The molecule has 0 unspecified atom stereocenters. The molecule has 0 aromatic heterocycles. The molecule has 14 heavy (non-hydrogen) atoms. The summed E-state index contributed by atoms with van der Waals surface area (Å²) in [5.74, 6) is 0.324. The van der Waals surface area contributed by atoms with Crippen LogP contribution in [0.25, 0.3) is 0 Å². The average Bonchev–Trinajstić information content (AvgIpc) is 2.48. The first-order valence-electron chi connectivity index (χ1n) is 4.48. The van der Waals surface area contributed by atoms with Crippen molar-refractivity contribution in [1.29, 1.82) is 0 Å². The topological polar surface area (TPSA) is 49.4 Å². The summed E-state index contributed by atoms with van der Waals surface area (Å²) in [6, 6.07) is 0.149. The zero-order valence-electron chi connectivity index (χ0n) is 7.69. The summed E-state index contributed by atoms with van der Waals surface area (Å²) in [6.07, 6.45) is 1.80. The summed E-state index contributed by atoms with van der Waals surface area (Å²) in [6.45, 7) is 1.82. The van der Waals surface area contributed by atoms with Crippen molar-refractivity contribution in [2.24, 2.45) is 0 Å². The van der Waals surface area contributed by atoms with Crippen LogP contribution in [0.3, 0.4) is 0 Å². The Kier molecular flexibility index (Phi) is 4.22. The van der Waals surface area contributed by atoms with Crippen molar-refractivity contribution < 1.29 is 9.59 Å². The summed E-state index contributed by atoms with van der Waals surface area (Å²) in [7, 11) is 0. The molecule has 0 aromatic carbocycles. The molecule has 0 atom stereocenters. The molecule has 0 saturated carbocycles. The van der Waals surface area contributed by atoms with Gasteiger partial charge in [0.2, 0.25) is 5.91 Å². The highest BCUT2D eigenvalue weighted by molar-refractivity contribution is 8.14. The van der Waals surface area contributed by atoms with E-state index in [2.05, 4.69) is 5.32 Å². The molecular formula is C8H13ClN2O2S. The minimum Gasteiger partial charge on any atom is -0.317 e. The van der Waals surface area contributed by atoms with Crippen molar-refractivity contribution in [2.75, 3.05) is 18.8 Å². The van der Waals surface area contributed by atoms with Crippen molar-refractivity contribution in [2.45, 2.75) is 18.9 Å². The van der Waals surface area contributed by atoms with Gasteiger partial charge in [-0.25, -0.2) is 0 Å². The van der Waals surface area contributed by atoms with Gasteiger partial charge >= 0.3 is 0 Å². The van der Waals surface area contributed by atoms with E-state index in [0.29, 0.717) is 5.75 Å². The molecule has 2 aliphatic heterocycles. The lowest BCUT2D eigenvalue weighted by atomic mass is 10.1. The number of rotatable bonds is 1. The third-order valence-electron chi connectivity index (χ3n) is 2.46. The molecule has 2 heterocycles. The van der Waals surface area contributed by atoms with Crippen molar-refractivity contribution in [3.63, 3.8) is 0 Å². The van der Waals surface area contributed by atoms with E-state index in [1.54, 1.807) is 0 Å². The first kappa shape index (κ1) is 11.8.